The van der Waals surface area contributed by atoms with Crippen molar-refractivity contribution in [3.8, 4) is 0 Å². The largest absolute Gasteiger partial charge is 0.390 e. The van der Waals surface area contributed by atoms with E-state index < -0.39 is 6.10 Å². The molecule has 0 aromatic heterocycles. The smallest absolute Gasteiger partial charge is 0.152 e. The van der Waals surface area contributed by atoms with Crippen LogP contribution in [-0.2, 0) is 16.1 Å². The van der Waals surface area contributed by atoms with Gasteiger partial charge in [-0.15, -0.1) is 0 Å². The second-order valence-electron chi connectivity index (χ2n) is 3.90. The molecule has 0 bridgehead atoms. The highest BCUT2D eigenvalue weighted by Crippen LogP contribution is 2.02. The van der Waals surface area contributed by atoms with Crippen molar-refractivity contribution in [2.24, 2.45) is 0 Å². The first-order valence-electron chi connectivity index (χ1n) is 5.65. The van der Waals surface area contributed by atoms with Gasteiger partial charge in [-0.1, -0.05) is 36.4 Å². The molecule has 1 rings (SSSR count). The molecule has 1 aromatic carbocycles. The van der Waals surface area contributed by atoms with E-state index in [1.165, 1.54) is 13.0 Å². The summed E-state index contributed by atoms with van der Waals surface area (Å²) in [5.74, 6) is -0.0117. The van der Waals surface area contributed by atoms with Gasteiger partial charge in [-0.3, -0.25) is 4.79 Å². The lowest BCUT2D eigenvalue weighted by Crippen LogP contribution is -2.14. The topological polar surface area (TPSA) is 46.5 Å². The van der Waals surface area contributed by atoms with Crippen LogP contribution in [0.1, 0.15) is 18.9 Å². The summed E-state index contributed by atoms with van der Waals surface area (Å²) in [7, 11) is 0. The quantitative estimate of drug-likeness (QED) is 0.735. The van der Waals surface area contributed by atoms with Crippen LogP contribution in [0.2, 0.25) is 0 Å². The SMILES string of the molecule is CC(=O)/C=C/C[C@@H](O)COCc1ccccc1. The highest BCUT2D eigenvalue weighted by atomic mass is 16.5. The number of benzene rings is 1. The number of ketones is 1. The molecule has 1 N–H and O–H groups in total. The van der Waals surface area contributed by atoms with Crippen molar-refractivity contribution in [1.82, 2.24) is 0 Å². The van der Waals surface area contributed by atoms with Gasteiger partial charge in [0.15, 0.2) is 5.78 Å². The molecule has 0 radical (unpaired) electrons. The van der Waals surface area contributed by atoms with Gasteiger partial charge >= 0.3 is 0 Å². The maximum atomic E-state index is 10.6. The van der Waals surface area contributed by atoms with Crippen LogP contribution < -0.4 is 0 Å². The molecule has 0 aliphatic heterocycles. The van der Waals surface area contributed by atoms with E-state index >= 15 is 0 Å². The van der Waals surface area contributed by atoms with Gasteiger partial charge in [0.05, 0.1) is 19.3 Å². The van der Waals surface area contributed by atoms with Gasteiger partial charge in [0.2, 0.25) is 0 Å². The average molecular weight is 234 g/mol. The zero-order valence-electron chi connectivity index (χ0n) is 10.0. The van der Waals surface area contributed by atoms with Crippen LogP contribution in [0.4, 0.5) is 0 Å². The second-order valence-corrected chi connectivity index (χ2v) is 3.90. The molecule has 0 amide bonds. The summed E-state index contributed by atoms with van der Waals surface area (Å²) in [5, 5.41) is 9.55. The molecule has 0 fully saturated rings. The van der Waals surface area contributed by atoms with Crippen molar-refractivity contribution < 1.29 is 14.6 Å². The van der Waals surface area contributed by atoms with Gasteiger partial charge in [0, 0.05) is 0 Å². The third kappa shape index (κ3) is 6.66. The molecule has 0 unspecified atom stereocenters. The van der Waals surface area contributed by atoms with E-state index in [0.717, 1.165) is 5.56 Å². The number of hydrogen-bond acceptors (Lipinski definition) is 3. The van der Waals surface area contributed by atoms with E-state index in [1.807, 2.05) is 30.3 Å². The summed E-state index contributed by atoms with van der Waals surface area (Å²) < 4.78 is 5.37. The van der Waals surface area contributed by atoms with Crippen LogP contribution in [0.25, 0.3) is 0 Å². The van der Waals surface area contributed by atoms with Gasteiger partial charge in [-0.05, 0) is 25.0 Å². The minimum absolute atomic E-state index is 0.0117. The Morgan fingerprint density at radius 3 is 2.76 bits per heavy atom. The number of allylic oxidation sites excluding steroid dienone is 1. The number of carbonyl (C=O) groups is 1. The zero-order chi connectivity index (χ0) is 12.5. The first-order valence-corrected chi connectivity index (χ1v) is 5.65. The Kier molecular flexibility index (Phi) is 6.22. The summed E-state index contributed by atoms with van der Waals surface area (Å²) in [5.41, 5.74) is 1.08. The van der Waals surface area contributed by atoms with Crippen molar-refractivity contribution in [2.45, 2.75) is 26.1 Å². The molecule has 0 aliphatic carbocycles. The molecule has 17 heavy (non-hydrogen) atoms. The Hall–Kier alpha value is -1.45. The fraction of sp³-hybridized carbons (Fsp3) is 0.357. The Morgan fingerprint density at radius 2 is 2.12 bits per heavy atom. The highest BCUT2D eigenvalue weighted by Gasteiger charge is 2.02. The Bertz CT molecular complexity index is 357. The standard InChI is InChI=1S/C14H18O3/c1-12(15)6-5-9-14(16)11-17-10-13-7-3-2-4-8-13/h2-8,14,16H,9-11H2,1H3/b6-5+/t14-/m1/s1. The van der Waals surface area contributed by atoms with Crippen molar-refractivity contribution in [1.29, 1.82) is 0 Å². The summed E-state index contributed by atoms with van der Waals surface area (Å²) in [6.45, 7) is 2.25. The molecular formula is C14H18O3. The van der Waals surface area contributed by atoms with Crippen molar-refractivity contribution in [2.75, 3.05) is 6.61 Å². The molecule has 0 spiro atoms. The van der Waals surface area contributed by atoms with Crippen LogP contribution in [0.3, 0.4) is 0 Å². The third-order valence-electron chi connectivity index (χ3n) is 2.18. The predicted molar refractivity (Wildman–Crippen MR) is 66.5 cm³/mol. The number of aliphatic hydroxyl groups excluding tert-OH is 1. The van der Waals surface area contributed by atoms with Gasteiger partial charge in [0.1, 0.15) is 0 Å². The fourth-order valence-electron chi connectivity index (χ4n) is 1.35. The molecule has 0 saturated heterocycles. The minimum atomic E-state index is -0.561. The fourth-order valence-corrected chi connectivity index (χ4v) is 1.35. The summed E-state index contributed by atoms with van der Waals surface area (Å²) in [4.78, 5) is 10.6. The van der Waals surface area contributed by atoms with E-state index in [0.29, 0.717) is 13.0 Å². The zero-order valence-corrected chi connectivity index (χ0v) is 10.0. The molecule has 3 heteroatoms. The minimum Gasteiger partial charge on any atom is -0.390 e. The van der Waals surface area contributed by atoms with Crippen molar-refractivity contribution in [3.05, 3.63) is 48.0 Å². The highest BCUT2D eigenvalue weighted by molar-refractivity contribution is 5.87. The molecule has 0 saturated carbocycles. The van der Waals surface area contributed by atoms with E-state index in [2.05, 4.69) is 0 Å². The molecule has 0 aliphatic rings. The third-order valence-corrected chi connectivity index (χ3v) is 2.18. The lowest BCUT2D eigenvalue weighted by Gasteiger charge is -2.08. The maximum absolute atomic E-state index is 10.6. The number of ether oxygens (including phenoxy) is 1. The Morgan fingerprint density at radius 1 is 1.41 bits per heavy atom. The molecule has 3 nitrogen and oxygen atoms in total. The predicted octanol–water partition coefficient (Wildman–Crippen LogP) is 2.10. The summed E-state index contributed by atoms with van der Waals surface area (Å²) in [6.07, 6.45) is 3.00. The second kappa shape index (κ2) is 7.76. The van der Waals surface area contributed by atoms with Crippen molar-refractivity contribution >= 4 is 5.78 Å². The monoisotopic (exact) mass is 234 g/mol. The van der Waals surface area contributed by atoms with Gasteiger partial charge in [-0.25, -0.2) is 0 Å². The van der Waals surface area contributed by atoms with Crippen LogP contribution in [0.5, 0.6) is 0 Å². The maximum Gasteiger partial charge on any atom is 0.152 e. The first-order chi connectivity index (χ1) is 8.18. The van der Waals surface area contributed by atoms with E-state index in [9.17, 15) is 9.90 Å². The van der Waals surface area contributed by atoms with Gasteiger partial charge in [-0.2, -0.15) is 0 Å². The summed E-state index contributed by atoms with van der Waals surface area (Å²) in [6, 6.07) is 9.80. The Labute approximate surface area is 102 Å². The molecule has 0 heterocycles. The van der Waals surface area contributed by atoms with Gasteiger partial charge in [0.25, 0.3) is 0 Å². The first kappa shape index (κ1) is 13.6. The van der Waals surface area contributed by atoms with Crippen molar-refractivity contribution in [3.63, 3.8) is 0 Å². The number of aliphatic hydroxyl groups is 1. The summed E-state index contributed by atoms with van der Waals surface area (Å²) >= 11 is 0. The number of carbonyl (C=O) groups excluding carboxylic acids is 1. The molecule has 1 aromatic rings. The normalized spacial score (nSPS) is 12.8. The average Bonchev–Trinajstić information content (AvgIpc) is 2.30. The van der Waals surface area contributed by atoms with E-state index in [1.54, 1.807) is 6.08 Å². The van der Waals surface area contributed by atoms with E-state index in [-0.39, 0.29) is 12.4 Å². The van der Waals surface area contributed by atoms with Crippen LogP contribution in [-0.4, -0.2) is 23.6 Å². The van der Waals surface area contributed by atoms with Crippen LogP contribution in [0, 0.1) is 0 Å². The number of rotatable bonds is 7. The Balaban J connectivity index is 2.16. The van der Waals surface area contributed by atoms with Gasteiger partial charge < -0.3 is 9.84 Å². The number of hydrogen-bond donors (Lipinski definition) is 1. The molecule has 92 valence electrons. The molecule has 1 atom stereocenters. The van der Waals surface area contributed by atoms with Crippen LogP contribution >= 0.6 is 0 Å². The lowest BCUT2D eigenvalue weighted by molar-refractivity contribution is -0.112. The van der Waals surface area contributed by atoms with Crippen LogP contribution in [0.15, 0.2) is 42.5 Å². The molecular weight excluding hydrogens is 216 g/mol. The lowest BCUT2D eigenvalue weighted by atomic mass is 10.2. The van der Waals surface area contributed by atoms with E-state index in [4.69, 9.17) is 4.74 Å².